The summed E-state index contributed by atoms with van der Waals surface area (Å²) >= 11 is 1.22. The Morgan fingerprint density at radius 2 is 2.04 bits per heavy atom. The van der Waals surface area contributed by atoms with Crippen molar-refractivity contribution in [2.75, 3.05) is 0 Å². The van der Waals surface area contributed by atoms with Crippen molar-refractivity contribution in [2.45, 2.75) is 18.6 Å². The van der Waals surface area contributed by atoms with Crippen molar-refractivity contribution < 1.29 is 14.1 Å². The van der Waals surface area contributed by atoms with Crippen LogP contribution in [0.2, 0.25) is 0 Å². The van der Waals surface area contributed by atoms with Crippen LogP contribution in [0.1, 0.15) is 18.1 Å². The second kappa shape index (κ2) is 8.09. The zero-order chi connectivity index (χ0) is 19.4. The van der Waals surface area contributed by atoms with Gasteiger partial charge in [-0.05, 0) is 36.6 Å². The lowest BCUT2D eigenvalue weighted by Crippen LogP contribution is -2.26. The molecule has 9 heteroatoms. The number of amides is 1. The first-order valence-electron chi connectivity index (χ1n) is 8.01. The van der Waals surface area contributed by atoms with E-state index in [2.05, 4.69) is 15.5 Å². The first-order valence-corrected chi connectivity index (χ1v) is 8.89. The lowest BCUT2D eigenvalue weighted by Gasteiger charge is -2.04. The van der Waals surface area contributed by atoms with Gasteiger partial charge in [0.15, 0.2) is 5.17 Å². The molecule has 0 radical (unpaired) electrons. The van der Waals surface area contributed by atoms with Crippen molar-refractivity contribution in [3.8, 4) is 0 Å². The van der Waals surface area contributed by atoms with Crippen LogP contribution in [0.3, 0.4) is 0 Å². The van der Waals surface area contributed by atoms with Crippen molar-refractivity contribution in [1.29, 1.82) is 0 Å². The maximum Gasteiger partial charge on any atom is 0.269 e. The van der Waals surface area contributed by atoms with Crippen LogP contribution in [0.4, 0.5) is 10.1 Å². The molecule has 0 saturated carbocycles. The molecule has 1 aliphatic heterocycles. The summed E-state index contributed by atoms with van der Waals surface area (Å²) in [6.07, 6.45) is 0.345. The van der Waals surface area contributed by atoms with Gasteiger partial charge in [-0.1, -0.05) is 36.0 Å². The Morgan fingerprint density at radius 1 is 1.30 bits per heavy atom. The summed E-state index contributed by atoms with van der Waals surface area (Å²) < 4.78 is 13.0. The largest absolute Gasteiger partial charge is 0.303 e. The van der Waals surface area contributed by atoms with Crippen molar-refractivity contribution in [3.05, 3.63) is 75.6 Å². The summed E-state index contributed by atoms with van der Waals surface area (Å²) in [5.74, 6) is -0.555. The average Bonchev–Trinajstić information content (AvgIpc) is 3.00. The van der Waals surface area contributed by atoms with Crippen molar-refractivity contribution >= 4 is 34.2 Å². The van der Waals surface area contributed by atoms with Gasteiger partial charge in [0, 0.05) is 12.1 Å². The topological polar surface area (TPSA) is 97.0 Å². The minimum atomic E-state index is -0.467. The molecule has 1 aliphatic rings. The van der Waals surface area contributed by atoms with E-state index in [9.17, 15) is 19.3 Å². The lowest BCUT2D eigenvalue weighted by molar-refractivity contribution is -0.384. The van der Waals surface area contributed by atoms with Crippen molar-refractivity contribution in [1.82, 2.24) is 5.32 Å². The van der Waals surface area contributed by atoms with Crippen LogP contribution in [0.25, 0.3) is 0 Å². The number of amidine groups is 1. The number of nitro groups is 1. The van der Waals surface area contributed by atoms with Crippen molar-refractivity contribution in [3.63, 3.8) is 0 Å². The number of hydrogen-bond donors (Lipinski definition) is 1. The van der Waals surface area contributed by atoms with Gasteiger partial charge in [-0.3, -0.25) is 14.9 Å². The van der Waals surface area contributed by atoms with E-state index in [4.69, 9.17) is 0 Å². The molecular formula is C18H15FN4O3S. The Labute approximate surface area is 158 Å². The normalized spacial score (nSPS) is 18.6. The molecule has 1 atom stereocenters. The number of nitro benzene ring substituents is 1. The molecule has 1 heterocycles. The Morgan fingerprint density at radius 3 is 2.74 bits per heavy atom. The SMILES string of the molecule is CC(=N/N=C1\NC(=O)[C@H](Cc2cccc([N+](=O)[O-])c2)S1)c1ccc(F)cc1. The molecule has 0 aliphatic carbocycles. The minimum absolute atomic E-state index is 0.00989. The highest BCUT2D eigenvalue weighted by atomic mass is 32.2. The van der Waals surface area contributed by atoms with E-state index in [0.717, 1.165) is 5.56 Å². The second-order valence-corrected chi connectivity index (χ2v) is 7.02. The van der Waals surface area contributed by atoms with Gasteiger partial charge < -0.3 is 5.32 Å². The van der Waals surface area contributed by atoms with Gasteiger partial charge in [0.1, 0.15) is 5.82 Å². The third kappa shape index (κ3) is 4.76. The summed E-state index contributed by atoms with van der Waals surface area (Å²) in [7, 11) is 0. The summed E-state index contributed by atoms with van der Waals surface area (Å²) in [6, 6.07) is 12.1. The first-order chi connectivity index (χ1) is 12.9. The van der Waals surface area contributed by atoms with E-state index in [-0.39, 0.29) is 17.4 Å². The molecule has 1 amide bonds. The number of halogens is 1. The molecule has 27 heavy (non-hydrogen) atoms. The number of carbonyl (C=O) groups excluding carboxylic acids is 1. The number of hydrogen-bond acceptors (Lipinski definition) is 6. The molecular weight excluding hydrogens is 371 g/mol. The van der Waals surface area contributed by atoms with E-state index in [1.54, 1.807) is 31.2 Å². The van der Waals surface area contributed by atoms with Gasteiger partial charge in [-0.2, -0.15) is 5.10 Å². The molecule has 1 saturated heterocycles. The standard InChI is InChI=1S/C18H15FN4O3S/c1-11(13-5-7-14(19)8-6-13)21-22-18-20-17(24)16(27-18)10-12-3-2-4-15(9-12)23(25)26/h2-9,16H,10H2,1H3,(H,20,22,24)/t16-/m0/s1. The Kier molecular flexibility index (Phi) is 5.60. The molecule has 2 aromatic carbocycles. The second-order valence-electron chi connectivity index (χ2n) is 5.82. The van der Waals surface area contributed by atoms with E-state index in [1.165, 1.54) is 36.0 Å². The number of non-ortho nitro benzene ring substituents is 1. The van der Waals surface area contributed by atoms with Crippen LogP contribution in [-0.2, 0) is 11.2 Å². The average molecular weight is 386 g/mol. The molecule has 0 bridgehead atoms. The summed E-state index contributed by atoms with van der Waals surface area (Å²) in [5.41, 5.74) is 2.00. The van der Waals surface area contributed by atoms with Gasteiger partial charge in [0.05, 0.1) is 15.9 Å². The minimum Gasteiger partial charge on any atom is -0.303 e. The van der Waals surface area contributed by atoms with E-state index >= 15 is 0 Å². The molecule has 1 fully saturated rings. The van der Waals surface area contributed by atoms with Crippen LogP contribution in [0, 0.1) is 15.9 Å². The van der Waals surface area contributed by atoms with Gasteiger partial charge in [0.25, 0.3) is 5.69 Å². The van der Waals surface area contributed by atoms with Crippen LogP contribution < -0.4 is 5.32 Å². The number of thioether (sulfide) groups is 1. The number of nitrogens with zero attached hydrogens (tertiary/aromatic N) is 3. The third-order valence-corrected chi connectivity index (χ3v) is 4.94. The third-order valence-electron chi connectivity index (χ3n) is 3.87. The Bertz CT molecular complexity index is 944. The molecule has 0 aromatic heterocycles. The fraction of sp³-hybridized carbons (Fsp3) is 0.167. The molecule has 7 nitrogen and oxygen atoms in total. The summed E-state index contributed by atoms with van der Waals surface area (Å²) in [4.78, 5) is 22.5. The highest BCUT2D eigenvalue weighted by Crippen LogP contribution is 2.25. The first kappa shape index (κ1) is 18.7. The van der Waals surface area contributed by atoms with Gasteiger partial charge >= 0.3 is 0 Å². The molecule has 1 N–H and O–H groups in total. The molecule has 138 valence electrons. The van der Waals surface area contributed by atoms with Crippen LogP contribution in [-0.4, -0.2) is 27.0 Å². The number of carbonyl (C=O) groups is 1. The monoisotopic (exact) mass is 386 g/mol. The van der Waals surface area contributed by atoms with Gasteiger partial charge in [-0.25, -0.2) is 4.39 Å². The van der Waals surface area contributed by atoms with Crippen molar-refractivity contribution in [2.24, 2.45) is 10.2 Å². The number of rotatable bonds is 5. The highest BCUT2D eigenvalue weighted by molar-refractivity contribution is 8.15. The lowest BCUT2D eigenvalue weighted by atomic mass is 10.1. The fourth-order valence-electron chi connectivity index (χ4n) is 2.47. The molecule has 0 unspecified atom stereocenters. The van der Waals surface area contributed by atoms with Crippen LogP contribution in [0.15, 0.2) is 58.7 Å². The zero-order valence-corrected chi connectivity index (χ0v) is 15.1. The van der Waals surface area contributed by atoms with Gasteiger partial charge in [-0.15, -0.1) is 5.10 Å². The van der Waals surface area contributed by atoms with Gasteiger partial charge in [0.2, 0.25) is 5.91 Å². The fourth-order valence-corrected chi connectivity index (χ4v) is 3.43. The Hall–Kier alpha value is -3.07. The number of benzene rings is 2. The smallest absolute Gasteiger partial charge is 0.269 e. The maximum absolute atomic E-state index is 13.0. The summed E-state index contributed by atoms with van der Waals surface area (Å²) in [5, 5.41) is 21.5. The van der Waals surface area contributed by atoms with E-state index in [0.29, 0.717) is 22.9 Å². The zero-order valence-electron chi connectivity index (χ0n) is 14.3. The van der Waals surface area contributed by atoms with Crippen LogP contribution >= 0.6 is 11.8 Å². The maximum atomic E-state index is 13.0. The highest BCUT2D eigenvalue weighted by Gasteiger charge is 2.30. The predicted octanol–water partition coefficient (Wildman–Crippen LogP) is 3.29. The summed E-state index contributed by atoms with van der Waals surface area (Å²) in [6.45, 7) is 1.74. The predicted molar refractivity (Wildman–Crippen MR) is 102 cm³/mol. The number of nitrogens with one attached hydrogen (secondary N) is 1. The Balaban J connectivity index is 1.68. The molecule has 0 spiro atoms. The van der Waals surface area contributed by atoms with E-state index in [1.807, 2.05) is 0 Å². The molecule has 2 aromatic rings. The molecule has 3 rings (SSSR count). The van der Waals surface area contributed by atoms with Crippen LogP contribution in [0.5, 0.6) is 0 Å². The van der Waals surface area contributed by atoms with E-state index < -0.39 is 10.2 Å². The quantitative estimate of drug-likeness (QED) is 0.484.